The molecule has 8 nitrogen and oxygen atoms in total. The zero-order chi connectivity index (χ0) is 26.3. The summed E-state index contributed by atoms with van der Waals surface area (Å²) in [6, 6.07) is 8.80. The summed E-state index contributed by atoms with van der Waals surface area (Å²) < 4.78 is 17.0. The summed E-state index contributed by atoms with van der Waals surface area (Å²) in [6.45, 7) is 4.83. The van der Waals surface area contributed by atoms with Crippen molar-refractivity contribution in [1.82, 2.24) is 19.5 Å². The number of rotatable bonds is 6. The number of carboxylic acids is 1. The Morgan fingerprint density at radius 3 is 2.65 bits per heavy atom. The molecule has 0 spiro atoms. The molecule has 1 N–H and O–H groups in total. The van der Waals surface area contributed by atoms with E-state index in [1.807, 2.05) is 29.8 Å². The highest BCUT2D eigenvalue weighted by Gasteiger charge is 2.37. The molecular weight excluding hydrogens is 473 g/mol. The van der Waals surface area contributed by atoms with Crippen LogP contribution in [-0.2, 0) is 11.2 Å². The molecule has 2 aromatic heterocycles. The molecule has 3 aromatic rings. The molecule has 0 unspecified atom stereocenters. The molecule has 2 fully saturated rings. The molecule has 37 heavy (non-hydrogen) atoms. The molecule has 3 heterocycles. The van der Waals surface area contributed by atoms with Crippen LogP contribution in [0.25, 0.3) is 16.9 Å². The summed E-state index contributed by atoms with van der Waals surface area (Å²) in [4.78, 5) is 33.0. The van der Waals surface area contributed by atoms with Crippen LogP contribution in [-0.4, -0.2) is 62.2 Å². The molecule has 196 valence electrons. The lowest BCUT2D eigenvalue weighted by atomic mass is 9.79. The Bertz CT molecular complexity index is 1330. The Balaban J connectivity index is 1.42. The monoisotopic (exact) mass is 507 g/mol. The summed E-state index contributed by atoms with van der Waals surface area (Å²) in [6.07, 6.45) is 6.04. The highest BCUT2D eigenvalue weighted by molar-refractivity contribution is 5.93. The third-order valence-corrected chi connectivity index (χ3v) is 8.04. The maximum absolute atomic E-state index is 15.3. The van der Waals surface area contributed by atoms with Gasteiger partial charge in [-0.3, -0.25) is 9.59 Å². The number of nitrogens with zero attached hydrogens (tertiary/aromatic N) is 5. The average Bonchev–Trinajstić information content (AvgIpc) is 3.15. The normalized spacial score (nSPS) is 21.9. The maximum Gasteiger partial charge on any atom is 0.306 e. The van der Waals surface area contributed by atoms with E-state index in [0.29, 0.717) is 47.5 Å². The summed E-state index contributed by atoms with van der Waals surface area (Å²) in [5.41, 5.74) is 3.28. The molecule has 0 bridgehead atoms. The second kappa shape index (κ2) is 10.1. The van der Waals surface area contributed by atoms with Crippen LogP contribution in [0.5, 0.6) is 0 Å². The van der Waals surface area contributed by atoms with E-state index >= 15 is 4.39 Å². The number of carbonyl (C=O) groups is 2. The summed E-state index contributed by atoms with van der Waals surface area (Å²) in [5.74, 6) is -1.57. The third kappa shape index (κ3) is 4.79. The second-order valence-corrected chi connectivity index (χ2v) is 10.4. The first-order chi connectivity index (χ1) is 17.8. The Morgan fingerprint density at radius 2 is 1.95 bits per heavy atom. The minimum Gasteiger partial charge on any atom is -0.481 e. The van der Waals surface area contributed by atoms with E-state index in [4.69, 9.17) is 5.11 Å². The Hall–Kier alpha value is -3.49. The van der Waals surface area contributed by atoms with E-state index in [-0.39, 0.29) is 23.9 Å². The van der Waals surface area contributed by atoms with E-state index in [1.54, 1.807) is 22.7 Å². The number of benzene rings is 1. The molecule has 1 aromatic carbocycles. The smallest absolute Gasteiger partial charge is 0.306 e. The average molecular weight is 508 g/mol. The van der Waals surface area contributed by atoms with Crippen molar-refractivity contribution in [3.8, 4) is 11.3 Å². The van der Waals surface area contributed by atoms with Crippen LogP contribution in [0, 0.1) is 11.7 Å². The number of anilines is 1. The summed E-state index contributed by atoms with van der Waals surface area (Å²) in [5, 5.41) is 13.8. The zero-order valence-electron chi connectivity index (χ0n) is 21.7. The number of likely N-dealkylation sites (tertiary alicyclic amines) is 1. The molecule has 1 amide bonds. The lowest BCUT2D eigenvalue weighted by Crippen LogP contribution is -2.45. The SMILES string of the molecule is CCc1cc(C(=O)N2CCCCC[C@H]2C)nc2cc(-c3ccc(N(C)[C@H]4C[C@H](C(=O)O)C4)cc3F)nn12. The van der Waals surface area contributed by atoms with Gasteiger partial charge in [0.2, 0.25) is 0 Å². The van der Waals surface area contributed by atoms with E-state index in [1.165, 1.54) is 6.07 Å². The van der Waals surface area contributed by atoms with Crippen LogP contribution >= 0.6 is 0 Å². The van der Waals surface area contributed by atoms with Crippen molar-refractivity contribution in [3.63, 3.8) is 0 Å². The Morgan fingerprint density at radius 1 is 1.16 bits per heavy atom. The molecule has 1 aliphatic heterocycles. The number of aryl methyl sites for hydroxylation is 1. The van der Waals surface area contributed by atoms with Crippen molar-refractivity contribution < 1.29 is 19.1 Å². The van der Waals surface area contributed by atoms with Crippen LogP contribution in [0.3, 0.4) is 0 Å². The lowest BCUT2D eigenvalue weighted by Gasteiger charge is -2.40. The Labute approximate surface area is 216 Å². The topological polar surface area (TPSA) is 91.0 Å². The van der Waals surface area contributed by atoms with Crippen LogP contribution in [0.15, 0.2) is 30.3 Å². The van der Waals surface area contributed by atoms with Crippen molar-refractivity contribution in [1.29, 1.82) is 0 Å². The van der Waals surface area contributed by atoms with Crippen molar-refractivity contribution >= 4 is 23.2 Å². The highest BCUT2D eigenvalue weighted by Crippen LogP contribution is 2.35. The molecular formula is C28H34FN5O3. The number of carboxylic acid groups (broad SMARTS) is 1. The first kappa shape index (κ1) is 25.2. The molecule has 1 saturated heterocycles. The number of aliphatic carboxylic acids is 1. The van der Waals surface area contributed by atoms with E-state index < -0.39 is 11.8 Å². The van der Waals surface area contributed by atoms with Crippen LogP contribution in [0.2, 0.25) is 0 Å². The minimum atomic E-state index is -0.774. The molecule has 1 aliphatic carbocycles. The van der Waals surface area contributed by atoms with Gasteiger partial charge in [0, 0.05) is 48.7 Å². The molecule has 2 aliphatic rings. The standard InChI is InChI=1S/C28H34FN5O3/c1-4-19-15-25(27(35)33-11-7-5-6-8-17(33)2)30-26-16-24(31-34(19)26)22-10-9-20(14-23(22)29)32(3)21-12-18(13-21)28(36)37/h9-10,14-18,21H,4-8,11-13H2,1-3H3,(H,36,37)/t17-,18-,21-/m1/s1. The van der Waals surface area contributed by atoms with Gasteiger partial charge in [0.1, 0.15) is 11.5 Å². The van der Waals surface area contributed by atoms with Crippen molar-refractivity contribution in [2.75, 3.05) is 18.5 Å². The third-order valence-electron chi connectivity index (χ3n) is 8.04. The fourth-order valence-corrected chi connectivity index (χ4v) is 5.50. The first-order valence-corrected chi connectivity index (χ1v) is 13.2. The van der Waals surface area contributed by atoms with Crippen molar-refractivity contribution in [3.05, 3.63) is 47.5 Å². The van der Waals surface area contributed by atoms with Gasteiger partial charge in [0.15, 0.2) is 5.65 Å². The lowest BCUT2D eigenvalue weighted by molar-refractivity contribution is -0.145. The summed E-state index contributed by atoms with van der Waals surface area (Å²) >= 11 is 0. The van der Waals surface area contributed by atoms with Crippen molar-refractivity contribution in [2.24, 2.45) is 5.92 Å². The predicted octanol–water partition coefficient (Wildman–Crippen LogP) is 4.80. The van der Waals surface area contributed by atoms with Crippen LogP contribution in [0.1, 0.15) is 68.6 Å². The van der Waals surface area contributed by atoms with E-state index in [9.17, 15) is 9.59 Å². The van der Waals surface area contributed by atoms with Gasteiger partial charge in [-0.2, -0.15) is 5.10 Å². The zero-order valence-corrected chi connectivity index (χ0v) is 21.7. The van der Waals surface area contributed by atoms with E-state index in [0.717, 1.165) is 37.9 Å². The number of carbonyl (C=O) groups excluding carboxylic acids is 1. The molecule has 5 rings (SSSR count). The number of hydrogen-bond donors (Lipinski definition) is 1. The predicted molar refractivity (Wildman–Crippen MR) is 139 cm³/mol. The van der Waals surface area contributed by atoms with Crippen molar-refractivity contribution in [2.45, 2.75) is 70.9 Å². The molecule has 1 atom stereocenters. The molecule has 9 heteroatoms. The van der Waals surface area contributed by atoms with Gasteiger partial charge in [-0.25, -0.2) is 13.9 Å². The number of amides is 1. The van der Waals surface area contributed by atoms with Crippen LogP contribution < -0.4 is 4.90 Å². The fraction of sp³-hybridized carbons (Fsp3) is 0.500. The van der Waals surface area contributed by atoms with Gasteiger partial charge in [0.05, 0.1) is 11.6 Å². The summed E-state index contributed by atoms with van der Waals surface area (Å²) in [7, 11) is 1.86. The largest absolute Gasteiger partial charge is 0.481 e. The first-order valence-electron chi connectivity index (χ1n) is 13.2. The van der Waals surface area contributed by atoms with Gasteiger partial charge >= 0.3 is 5.97 Å². The van der Waals surface area contributed by atoms with Gasteiger partial charge in [-0.05, 0) is 63.3 Å². The minimum absolute atomic E-state index is 0.0611. The van der Waals surface area contributed by atoms with E-state index in [2.05, 4.69) is 17.0 Å². The van der Waals surface area contributed by atoms with Crippen LogP contribution in [0.4, 0.5) is 10.1 Å². The molecule has 1 saturated carbocycles. The molecule has 0 radical (unpaired) electrons. The Kier molecular flexibility index (Phi) is 6.88. The number of halogens is 1. The van der Waals surface area contributed by atoms with Gasteiger partial charge in [0.25, 0.3) is 5.91 Å². The quantitative estimate of drug-likeness (QED) is 0.515. The maximum atomic E-state index is 15.3. The second-order valence-electron chi connectivity index (χ2n) is 10.4. The van der Waals surface area contributed by atoms with Gasteiger partial charge in [-0.1, -0.05) is 19.8 Å². The van der Waals surface area contributed by atoms with Gasteiger partial charge < -0.3 is 14.9 Å². The number of aromatic nitrogens is 3. The van der Waals surface area contributed by atoms with Gasteiger partial charge in [-0.15, -0.1) is 0 Å². The fourth-order valence-electron chi connectivity index (χ4n) is 5.50. The highest BCUT2D eigenvalue weighted by atomic mass is 19.1. The number of fused-ring (bicyclic) bond motifs is 1. The number of hydrogen-bond acceptors (Lipinski definition) is 5.